The fraction of sp³-hybridized carbons (Fsp3) is 0.429. The van der Waals surface area contributed by atoms with Crippen molar-refractivity contribution in [3.05, 3.63) is 35.9 Å². The minimum Gasteiger partial charge on any atom is -0.432 e. The van der Waals surface area contributed by atoms with Gasteiger partial charge in [0.25, 0.3) is 5.91 Å². The number of nitrogens with two attached hydrogens (primary N) is 1. The number of morpholine rings is 1. The lowest BCUT2D eigenvalue weighted by Crippen LogP contribution is -2.51. The molecule has 2 atom stereocenters. The third-order valence-electron chi connectivity index (χ3n) is 3.68. The van der Waals surface area contributed by atoms with Crippen LogP contribution in [0.25, 0.3) is 0 Å². The van der Waals surface area contributed by atoms with Crippen LogP contribution >= 0.6 is 0 Å². The molecule has 1 aromatic carbocycles. The number of hydrazine groups is 1. The molecule has 0 radical (unpaired) electrons. The van der Waals surface area contributed by atoms with E-state index in [0.717, 1.165) is 5.56 Å². The fourth-order valence-corrected chi connectivity index (χ4v) is 2.71. The van der Waals surface area contributed by atoms with Crippen molar-refractivity contribution in [1.82, 2.24) is 10.0 Å². The number of carbonyl (C=O) groups is 2. The van der Waals surface area contributed by atoms with E-state index < -0.39 is 24.1 Å². The van der Waals surface area contributed by atoms with Crippen LogP contribution in [0.2, 0.25) is 0 Å². The highest BCUT2D eigenvalue weighted by Gasteiger charge is 2.48. The van der Waals surface area contributed by atoms with Gasteiger partial charge in [0.15, 0.2) is 0 Å². The lowest BCUT2D eigenvalue weighted by atomic mass is 10.0. The lowest BCUT2D eigenvalue weighted by Gasteiger charge is -2.36. The molecule has 2 heterocycles. The van der Waals surface area contributed by atoms with Gasteiger partial charge in [0.05, 0.1) is 13.2 Å². The van der Waals surface area contributed by atoms with Crippen LogP contribution in [0.15, 0.2) is 30.3 Å². The van der Waals surface area contributed by atoms with Gasteiger partial charge in [0.1, 0.15) is 6.04 Å². The van der Waals surface area contributed by atoms with E-state index in [-0.39, 0.29) is 0 Å². The zero-order valence-electron chi connectivity index (χ0n) is 11.5. The van der Waals surface area contributed by atoms with Crippen molar-refractivity contribution in [1.29, 1.82) is 0 Å². The van der Waals surface area contributed by atoms with Crippen molar-refractivity contribution >= 4 is 12.0 Å². The molecule has 7 heteroatoms. The van der Waals surface area contributed by atoms with Crippen LogP contribution in [0, 0.1) is 0 Å². The number of carbonyl (C=O) groups excluding carboxylic acids is 2. The number of hydrogen-bond donors (Lipinski definition) is 1. The largest absolute Gasteiger partial charge is 0.432 e. The smallest absolute Gasteiger partial charge is 0.426 e. The molecule has 0 aliphatic carbocycles. The second kappa shape index (κ2) is 5.71. The molecule has 2 saturated heterocycles. The number of cyclic esters (lactones) is 1. The highest BCUT2D eigenvalue weighted by molar-refractivity contribution is 5.86. The number of hydrogen-bond acceptors (Lipinski definition) is 5. The summed E-state index contributed by atoms with van der Waals surface area (Å²) in [5.74, 6) is -0.645. The Bertz CT molecular complexity index is 530. The van der Waals surface area contributed by atoms with Gasteiger partial charge in [-0.1, -0.05) is 30.3 Å². The van der Waals surface area contributed by atoms with Gasteiger partial charge in [-0.25, -0.2) is 14.8 Å². The Hall–Kier alpha value is -2.12. The maximum atomic E-state index is 12.2. The summed E-state index contributed by atoms with van der Waals surface area (Å²) >= 11 is 0. The van der Waals surface area contributed by atoms with Crippen molar-refractivity contribution in [2.24, 2.45) is 5.73 Å². The molecule has 0 unspecified atom stereocenters. The SMILES string of the molecule is NC(=O)[C@@H]1OC(=O)N(N2CCOCC2)[C@H]1c1ccccc1. The molecular formula is C14H17N3O4. The van der Waals surface area contributed by atoms with E-state index in [1.54, 1.807) is 0 Å². The van der Waals surface area contributed by atoms with Gasteiger partial charge in [-0.3, -0.25) is 4.79 Å². The summed E-state index contributed by atoms with van der Waals surface area (Å²) in [4.78, 5) is 23.8. The van der Waals surface area contributed by atoms with E-state index in [1.807, 2.05) is 35.3 Å². The summed E-state index contributed by atoms with van der Waals surface area (Å²) in [6, 6.07) is 8.77. The summed E-state index contributed by atoms with van der Waals surface area (Å²) in [7, 11) is 0. The Kier molecular flexibility index (Phi) is 3.76. The predicted molar refractivity (Wildman–Crippen MR) is 72.9 cm³/mol. The average molecular weight is 291 g/mol. The molecule has 7 nitrogen and oxygen atoms in total. The molecule has 0 spiro atoms. The maximum absolute atomic E-state index is 12.2. The van der Waals surface area contributed by atoms with Gasteiger partial charge < -0.3 is 15.2 Å². The molecular weight excluding hydrogens is 274 g/mol. The first-order valence-corrected chi connectivity index (χ1v) is 6.85. The van der Waals surface area contributed by atoms with Crippen molar-refractivity contribution < 1.29 is 19.1 Å². The van der Waals surface area contributed by atoms with E-state index in [2.05, 4.69) is 0 Å². The normalized spacial score (nSPS) is 26.7. The summed E-state index contributed by atoms with van der Waals surface area (Å²) in [6.45, 7) is 2.22. The number of ether oxygens (including phenoxy) is 2. The predicted octanol–water partition coefficient (Wildman–Crippen LogP) is 0.281. The van der Waals surface area contributed by atoms with Gasteiger partial charge in [0.2, 0.25) is 6.10 Å². The van der Waals surface area contributed by atoms with E-state index in [9.17, 15) is 9.59 Å². The van der Waals surface area contributed by atoms with Crippen molar-refractivity contribution in [2.75, 3.05) is 26.3 Å². The molecule has 0 aromatic heterocycles. The zero-order chi connectivity index (χ0) is 14.8. The Morgan fingerprint density at radius 2 is 1.86 bits per heavy atom. The third kappa shape index (κ3) is 2.57. The molecule has 2 aliphatic rings. The summed E-state index contributed by atoms with van der Waals surface area (Å²) in [5.41, 5.74) is 6.21. The number of benzene rings is 1. The minimum atomic E-state index is -0.984. The van der Waals surface area contributed by atoms with Crippen LogP contribution in [-0.2, 0) is 14.3 Å². The average Bonchev–Trinajstić information content (AvgIpc) is 2.87. The molecule has 2 fully saturated rings. The Balaban J connectivity index is 1.95. The maximum Gasteiger partial charge on any atom is 0.426 e. The van der Waals surface area contributed by atoms with Gasteiger partial charge >= 0.3 is 6.09 Å². The number of nitrogens with zero attached hydrogens (tertiary/aromatic N) is 2. The molecule has 2 amide bonds. The summed E-state index contributed by atoms with van der Waals surface area (Å²) < 4.78 is 10.5. The number of primary amides is 1. The number of rotatable bonds is 3. The van der Waals surface area contributed by atoms with Gasteiger partial charge in [-0.15, -0.1) is 0 Å². The van der Waals surface area contributed by atoms with Crippen molar-refractivity contribution in [3.8, 4) is 0 Å². The first-order valence-electron chi connectivity index (χ1n) is 6.85. The van der Waals surface area contributed by atoms with Gasteiger partial charge in [-0.05, 0) is 5.56 Å². The highest BCUT2D eigenvalue weighted by atomic mass is 16.6. The summed E-state index contributed by atoms with van der Waals surface area (Å²) in [5, 5.41) is 3.35. The standard InChI is InChI=1S/C14H17N3O4/c15-13(18)12-11(10-4-2-1-3-5-10)17(14(19)21-12)16-6-8-20-9-7-16/h1-5,11-12H,6-9H2,(H2,15,18)/t11-,12+/m0/s1. The second-order valence-electron chi connectivity index (χ2n) is 4.97. The van der Waals surface area contributed by atoms with Crippen LogP contribution in [0.1, 0.15) is 11.6 Å². The van der Waals surface area contributed by atoms with Crippen molar-refractivity contribution in [2.45, 2.75) is 12.1 Å². The molecule has 3 rings (SSSR count). The quantitative estimate of drug-likeness (QED) is 0.864. The highest BCUT2D eigenvalue weighted by Crippen LogP contribution is 2.34. The molecule has 2 aliphatic heterocycles. The number of amides is 2. The van der Waals surface area contributed by atoms with Crippen LogP contribution in [-0.4, -0.2) is 54.4 Å². The van der Waals surface area contributed by atoms with Crippen molar-refractivity contribution in [3.63, 3.8) is 0 Å². The third-order valence-corrected chi connectivity index (χ3v) is 3.68. The Labute approximate surface area is 122 Å². The molecule has 0 bridgehead atoms. The second-order valence-corrected chi connectivity index (χ2v) is 4.97. The van der Waals surface area contributed by atoms with E-state index in [1.165, 1.54) is 5.01 Å². The molecule has 21 heavy (non-hydrogen) atoms. The first-order chi connectivity index (χ1) is 10.2. The fourth-order valence-electron chi connectivity index (χ4n) is 2.71. The van der Waals surface area contributed by atoms with Crippen LogP contribution in [0.5, 0.6) is 0 Å². The topological polar surface area (TPSA) is 85.1 Å². The molecule has 1 aromatic rings. The summed E-state index contributed by atoms with van der Waals surface area (Å²) in [6.07, 6.45) is -1.53. The Morgan fingerprint density at radius 1 is 1.19 bits per heavy atom. The molecule has 112 valence electrons. The van der Waals surface area contributed by atoms with Gasteiger partial charge in [-0.2, -0.15) is 0 Å². The molecule has 0 saturated carbocycles. The van der Waals surface area contributed by atoms with Crippen LogP contribution < -0.4 is 5.73 Å². The minimum absolute atomic E-state index is 0.533. The monoisotopic (exact) mass is 291 g/mol. The lowest BCUT2D eigenvalue weighted by molar-refractivity contribution is -0.127. The van der Waals surface area contributed by atoms with Gasteiger partial charge in [0, 0.05) is 13.1 Å². The van der Waals surface area contributed by atoms with E-state index in [4.69, 9.17) is 15.2 Å². The van der Waals surface area contributed by atoms with Crippen LogP contribution in [0.4, 0.5) is 4.79 Å². The van der Waals surface area contributed by atoms with E-state index in [0.29, 0.717) is 26.3 Å². The Morgan fingerprint density at radius 3 is 2.48 bits per heavy atom. The zero-order valence-corrected chi connectivity index (χ0v) is 11.5. The van der Waals surface area contributed by atoms with Crippen LogP contribution in [0.3, 0.4) is 0 Å². The molecule has 2 N–H and O–H groups in total. The first kappa shape index (κ1) is 13.8. The van der Waals surface area contributed by atoms with E-state index >= 15 is 0 Å².